The van der Waals surface area contributed by atoms with Crippen LogP contribution in [0.25, 0.3) is 11.0 Å². The lowest BCUT2D eigenvalue weighted by Crippen LogP contribution is -2.22. The molecule has 1 aromatic heterocycles. The Morgan fingerprint density at radius 2 is 1.93 bits per heavy atom. The minimum absolute atomic E-state index is 0.0612. The second-order valence-corrected chi connectivity index (χ2v) is 10.4. The number of hydrogen-bond acceptors (Lipinski definition) is 5. The van der Waals surface area contributed by atoms with Gasteiger partial charge in [0.15, 0.2) is 4.90 Å². The molecule has 1 heterocycles. The summed E-state index contributed by atoms with van der Waals surface area (Å²) in [6.45, 7) is 0. The summed E-state index contributed by atoms with van der Waals surface area (Å²) in [5.74, 6) is 0.148. The third-order valence-electron chi connectivity index (χ3n) is 4.32. The molecule has 0 spiro atoms. The Morgan fingerprint density at radius 3 is 2.63 bits per heavy atom. The van der Waals surface area contributed by atoms with E-state index in [0.29, 0.717) is 22.4 Å². The highest BCUT2D eigenvalue weighted by molar-refractivity contribution is 7.93. The van der Waals surface area contributed by atoms with E-state index < -0.39 is 21.2 Å². The van der Waals surface area contributed by atoms with Crippen molar-refractivity contribution < 1.29 is 22.2 Å². The van der Waals surface area contributed by atoms with Crippen LogP contribution in [-0.4, -0.2) is 43.6 Å². The highest BCUT2D eigenvalue weighted by Crippen LogP contribution is 2.30. The number of fused-ring (bicyclic) bond motifs is 1. The predicted molar refractivity (Wildman–Crippen MR) is 118 cm³/mol. The van der Waals surface area contributed by atoms with Gasteiger partial charge in [-0.05, 0) is 35.4 Å². The number of halogens is 1. The lowest BCUT2D eigenvalue weighted by atomic mass is 10.3. The molecule has 3 rings (SSSR count). The number of benzene rings is 2. The Morgan fingerprint density at radius 1 is 1.20 bits per heavy atom. The first kappa shape index (κ1) is 22.5. The first-order valence-electron chi connectivity index (χ1n) is 9.07. The molecule has 2 aromatic carbocycles. The standard InChI is InChI=1S/C20H21ClN2O5S2/c1-23(2)19(24)8-5-11-29(25)18-10-9-15(21)13-16(18)22-30(26,27)20-12-14-6-3-4-7-17(14)28-20/h3-4,6-7,9-10,12-13,22H,5,8,11H2,1-2H3. The Kier molecular flexibility index (Phi) is 6.97. The fourth-order valence-electron chi connectivity index (χ4n) is 2.75. The number of hydrogen-bond donors (Lipinski definition) is 1. The number of rotatable bonds is 8. The van der Waals surface area contributed by atoms with Gasteiger partial charge in [-0.15, -0.1) is 0 Å². The van der Waals surface area contributed by atoms with Gasteiger partial charge in [0.2, 0.25) is 11.0 Å². The summed E-state index contributed by atoms with van der Waals surface area (Å²) >= 11 is 4.51. The number of nitrogens with zero attached hydrogens (tertiary/aromatic N) is 1. The molecule has 1 atom stereocenters. The van der Waals surface area contributed by atoms with Crippen LogP contribution in [0.1, 0.15) is 12.8 Å². The molecule has 0 saturated heterocycles. The van der Waals surface area contributed by atoms with Gasteiger partial charge < -0.3 is 13.9 Å². The Balaban J connectivity index is 1.81. The fourth-order valence-corrected chi connectivity index (χ4v) is 5.23. The fraction of sp³-hybridized carbons (Fsp3) is 0.250. The molecule has 0 aliphatic carbocycles. The Bertz CT molecular complexity index is 1130. The van der Waals surface area contributed by atoms with Gasteiger partial charge in [-0.1, -0.05) is 29.8 Å². The van der Waals surface area contributed by atoms with Gasteiger partial charge in [0.05, 0.1) is 0 Å². The smallest absolute Gasteiger partial charge is 0.295 e. The van der Waals surface area contributed by atoms with Gasteiger partial charge in [0.25, 0.3) is 10.0 Å². The van der Waals surface area contributed by atoms with Crippen LogP contribution in [0.3, 0.4) is 0 Å². The first-order chi connectivity index (χ1) is 14.2. The summed E-state index contributed by atoms with van der Waals surface area (Å²) in [5.41, 5.74) is 0.554. The van der Waals surface area contributed by atoms with Gasteiger partial charge in [0.1, 0.15) is 17.0 Å². The molecule has 1 unspecified atom stereocenters. The van der Waals surface area contributed by atoms with E-state index in [2.05, 4.69) is 4.72 Å². The van der Waals surface area contributed by atoms with E-state index in [1.807, 2.05) is 0 Å². The highest BCUT2D eigenvalue weighted by atomic mass is 35.5. The number of carbonyl (C=O) groups excluding carboxylic acids is 1. The number of sulfonamides is 1. The molecule has 30 heavy (non-hydrogen) atoms. The van der Waals surface area contributed by atoms with Gasteiger partial charge in [0, 0.05) is 43.4 Å². The molecule has 3 aromatic rings. The molecule has 160 valence electrons. The van der Waals surface area contributed by atoms with E-state index in [-0.39, 0.29) is 33.8 Å². The summed E-state index contributed by atoms with van der Waals surface area (Å²) in [7, 11) is -0.751. The zero-order valence-electron chi connectivity index (χ0n) is 16.4. The Hall–Kier alpha value is -2.20. The third kappa shape index (κ3) is 5.28. The molecule has 1 amide bonds. The molecule has 0 bridgehead atoms. The number of anilines is 1. The van der Waals surface area contributed by atoms with Crippen LogP contribution >= 0.6 is 11.6 Å². The number of furan rings is 1. The first-order valence-corrected chi connectivity index (χ1v) is 12.2. The number of nitrogens with one attached hydrogen (secondary N) is 1. The van der Waals surface area contributed by atoms with E-state index in [9.17, 15) is 17.8 Å². The van der Waals surface area contributed by atoms with Crippen molar-refractivity contribution in [2.75, 3.05) is 24.6 Å². The molecule has 0 aliphatic rings. The van der Waals surface area contributed by atoms with E-state index in [1.54, 1.807) is 44.4 Å². The topological polar surface area (TPSA) is 103 Å². The zero-order chi connectivity index (χ0) is 21.9. The van der Waals surface area contributed by atoms with Crippen LogP contribution in [-0.2, 0) is 26.0 Å². The maximum Gasteiger partial charge on any atom is 0.295 e. The molecular formula is C20H21ClN2O5S2. The maximum absolute atomic E-state index is 12.8. The number of para-hydroxylation sites is 1. The van der Waals surface area contributed by atoms with Crippen molar-refractivity contribution in [3.8, 4) is 0 Å². The molecule has 1 N–H and O–H groups in total. The molecule has 0 fully saturated rings. The van der Waals surface area contributed by atoms with Crippen molar-refractivity contribution in [3.05, 3.63) is 53.6 Å². The van der Waals surface area contributed by atoms with Crippen molar-refractivity contribution >= 4 is 55.4 Å². The maximum atomic E-state index is 12.8. The quantitative estimate of drug-likeness (QED) is 0.505. The third-order valence-corrected chi connectivity index (χ3v) is 7.28. The van der Waals surface area contributed by atoms with Crippen LogP contribution in [0.2, 0.25) is 5.02 Å². The van der Waals surface area contributed by atoms with Crippen LogP contribution in [0, 0.1) is 0 Å². The van der Waals surface area contributed by atoms with Crippen molar-refractivity contribution in [1.82, 2.24) is 4.90 Å². The average molecular weight is 469 g/mol. The molecule has 10 heteroatoms. The van der Waals surface area contributed by atoms with Gasteiger partial charge in [-0.2, -0.15) is 8.42 Å². The molecule has 0 radical (unpaired) electrons. The molecular weight excluding hydrogens is 448 g/mol. The lowest BCUT2D eigenvalue weighted by Gasteiger charge is -2.16. The number of carbonyl (C=O) groups is 1. The molecule has 0 aliphatic heterocycles. The molecule has 0 saturated carbocycles. The van der Waals surface area contributed by atoms with Crippen molar-refractivity contribution in [2.24, 2.45) is 0 Å². The average Bonchev–Trinajstić information content (AvgIpc) is 3.13. The van der Waals surface area contributed by atoms with Crippen molar-refractivity contribution in [2.45, 2.75) is 22.8 Å². The van der Waals surface area contributed by atoms with Crippen LogP contribution in [0.4, 0.5) is 5.69 Å². The molecule has 7 nitrogen and oxygen atoms in total. The minimum Gasteiger partial charge on any atom is -0.611 e. The Labute approximate surface area is 183 Å². The zero-order valence-corrected chi connectivity index (χ0v) is 18.8. The summed E-state index contributed by atoms with van der Waals surface area (Å²) < 4.78 is 46.3. The van der Waals surface area contributed by atoms with Crippen molar-refractivity contribution in [3.63, 3.8) is 0 Å². The summed E-state index contributed by atoms with van der Waals surface area (Å²) in [5, 5.41) is 0.691. The van der Waals surface area contributed by atoms with E-state index >= 15 is 0 Å². The van der Waals surface area contributed by atoms with Gasteiger partial charge >= 0.3 is 0 Å². The lowest BCUT2D eigenvalue weighted by molar-refractivity contribution is -0.128. The second-order valence-electron chi connectivity index (χ2n) is 6.79. The van der Waals surface area contributed by atoms with Crippen LogP contribution in [0.5, 0.6) is 0 Å². The number of amides is 1. The van der Waals surface area contributed by atoms with E-state index in [4.69, 9.17) is 16.0 Å². The predicted octanol–water partition coefficient (Wildman–Crippen LogP) is 3.86. The normalized spacial score (nSPS) is 12.7. The monoisotopic (exact) mass is 468 g/mol. The summed E-state index contributed by atoms with van der Waals surface area (Å²) in [6.07, 6.45) is 0.661. The van der Waals surface area contributed by atoms with Gasteiger partial charge in [-0.3, -0.25) is 9.52 Å². The summed E-state index contributed by atoms with van der Waals surface area (Å²) in [4.78, 5) is 13.5. The SMILES string of the molecule is CN(C)C(=O)CCC[S+]([O-])c1ccc(Cl)cc1NS(=O)(=O)c1cc2ccccc2o1. The largest absolute Gasteiger partial charge is 0.611 e. The second kappa shape index (κ2) is 9.30. The van der Waals surface area contributed by atoms with Gasteiger partial charge in [-0.25, -0.2) is 0 Å². The van der Waals surface area contributed by atoms with Crippen LogP contribution in [0.15, 0.2) is 62.9 Å². The summed E-state index contributed by atoms with van der Waals surface area (Å²) in [6, 6.07) is 12.8. The van der Waals surface area contributed by atoms with E-state index in [1.165, 1.54) is 23.1 Å². The van der Waals surface area contributed by atoms with E-state index in [0.717, 1.165) is 0 Å². The minimum atomic E-state index is -4.06. The highest BCUT2D eigenvalue weighted by Gasteiger charge is 2.25. The van der Waals surface area contributed by atoms with Crippen molar-refractivity contribution in [1.29, 1.82) is 0 Å². The van der Waals surface area contributed by atoms with Crippen LogP contribution < -0.4 is 4.72 Å².